The molecule has 6 nitrogen and oxygen atoms in total. The molecule has 7 heteroatoms. The summed E-state index contributed by atoms with van der Waals surface area (Å²) in [5.74, 6) is 0. The second kappa shape index (κ2) is 5.42. The highest BCUT2D eigenvalue weighted by Gasteiger charge is 2.16. The van der Waals surface area contributed by atoms with Crippen LogP contribution in [0.3, 0.4) is 0 Å². The smallest absolute Gasteiger partial charge is 0.336 e. The molecule has 0 unspecified atom stereocenters. The fourth-order valence-corrected chi connectivity index (χ4v) is 3.79. The van der Waals surface area contributed by atoms with Gasteiger partial charge in [0.25, 0.3) is 0 Å². The first-order valence-electron chi connectivity index (χ1n) is 7.41. The van der Waals surface area contributed by atoms with Gasteiger partial charge in [0, 0.05) is 17.7 Å². The van der Waals surface area contributed by atoms with Crippen molar-refractivity contribution in [1.82, 2.24) is 14.8 Å². The zero-order valence-electron chi connectivity index (χ0n) is 12.6. The zero-order valence-corrected chi connectivity index (χ0v) is 13.4. The molecular formula is C16H15N3O3S. The molecule has 3 aromatic rings. The third-order valence-corrected chi connectivity index (χ3v) is 5.05. The molecule has 2 aromatic heterocycles. The molecule has 0 saturated heterocycles. The topological polar surface area (TPSA) is 78.0 Å². The minimum absolute atomic E-state index is 0.377. The van der Waals surface area contributed by atoms with E-state index in [2.05, 4.69) is 16.3 Å². The molecule has 23 heavy (non-hydrogen) atoms. The molecule has 0 bridgehead atoms. The Morgan fingerprint density at radius 3 is 2.83 bits per heavy atom. The fraction of sp³-hybridized carbons (Fsp3) is 0.312. The molecule has 0 spiro atoms. The van der Waals surface area contributed by atoms with E-state index in [1.54, 1.807) is 10.8 Å². The monoisotopic (exact) mass is 329 g/mol. The number of fused-ring (bicyclic) bond motifs is 2. The lowest BCUT2D eigenvalue weighted by atomic mass is 10.0. The normalized spacial score (nSPS) is 15.0. The summed E-state index contributed by atoms with van der Waals surface area (Å²) in [5.41, 5.74) is 3.64. The van der Waals surface area contributed by atoms with Gasteiger partial charge in [-0.2, -0.15) is 0 Å². The van der Waals surface area contributed by atoms with E-state index in [1.165, 1.54) is 23.5 Å². The van der Waals surface area contributed by atoms with E-state index >= 15 is 0 Å². The first-order chi connectivity index (χ1) is 11.1. The van der Waals surface area contributed by atoms with Crippen molar-refractivity contribution in [2.45, 2.75) is 31.0 Å². The van der Waals surface area contributed by atoms with Crippen LogP contribution >= 0.6 is 0 Å². The molecule has 0 fully saturated rings. The van der Waals surface area contributed by atoms with Crippen LogP contribution in [-0.2, 0) is 30.2 Å². The number of benzene rings is 1. The fourth-order valence-electron chi connectivity index (χ4n) is 3.18. The van der Waals surface area contributed by atoms with E-state index < -0.39 is 10.8 Å². The lowest BCUT2D eigenvalue weighted by molar-refractivity contribution is 0.556. The molecule has 2 heterocycles. The molecule has 4 rings (SSSR count). The van der Waals surface area contributed by atoms with Gasteiger partial charge in [0.1, 0.15) is 11.9 Å². The van der Waals surface area contributed by atoms with Crippen molar-refractivity contribution in [3.8, 4) is 0 Å². The van der Waals surface area contributed by atoms with E-state index in [0.29, 0.717) is 17.3 Å². The molecule has 0 amide bonds. The van der Waals surface area contributed by atoms with Gasteiger partial charge in [-0.05, 0) is 48.1 Å². The average Bonchev–Trinajstić information content (AvgIpc) is 3.13. The Morgan fingerprint density at radius 1 is 1.26 bits per heavy atom. The van der Waals surface area contributed by atoms with Gasteiger partial charge >= 0.3 is 5.63 Å². The minimum atomic E-state index is -1.23. The predicted molar refractivity (Wildman–Crippen MR) is 86.0 cm³/mol. The number of hydrogen-bond donors (Lipinski definition) is 0. The van der Waals surface area contributed by atoms with Crippen molar-refractivity contribution in [2.24, 2.45) is 0 Å². The summed E-state index contributed by atoms with van der Waals surface area (Å²) in [6.45, 7) is 0.392. The van der Waals surface area contributed by atoms with Gasteiger partial charge in [0.15, 0.2) is 0 Å². The maximum atomic E-state index is 11.9. The van der Waals surface area contributed by atoms with Crippen molar-refractivity contribution < 1.29 is 8.63 Å². The number of rotatable bonds is 3. The van der Waals surface area contributed by atoms with Crippen molar-refractivity contribution in [1.29, 1.82) is 0 Å². The second-order valence-corrected chi connectivity index (χ2v) is 7.03. The molecule has 1 atom stereocenters. The minimum Gasteiger partial charge on any atom is -0.423 e. The van der Waals surface area contributed by atoms with Crippen molar-refractivity contribution in [3.63, 3.8) is 0 Å². The van der Waals surface area contributed by atoms with Gasteiger partial charge in [0.2, 0.25) is 5.16 Å². The van der Waals surface area contributed by atoms with E-state index in [1.807, 2.05) is 6.07 Å². The molecule has 0 radical (unpaired) electrons. The molecule has 0 N–H and O–H groups in total. The summed E-state index contributed by atoms with van der Waals surface area (Å²) in [4.78, 5) is 11.9. The Morgan fingerprint density at radius 2 is 2.04 bits per heavy atom. The van der Waals surface area contributed by atoms with Crippen LogP contribution in [0.5, 0.6) is 0 Å². The summed E-state index contributed by atoms with van der Waals surface area (Å²) in [6, 6.07) is 5.59. The van der Waals surface area contributed by atoms with Crippen LogP contribution in [0.2, 0.25) is 0 Å². The number of aromatic nitrogens is 3. The third kappa shape index (κ3) is 2.50. The Balaban J connectivity index is 1.87. The predicted octanol–water partition coefficient (Wildman–Crippen LogP) is 1.66. The number of hydrogen-bond acceptors (Lipinski definition) is 5. The quantitative estimate of drug-likeness (QED) is 0.683. The molecule has 0 saturated carbocycles. The first kappa shape index (κ1) is 14.3. The SMILES string of the molecule is C[S@@](=O)c1nncn1Cc1cc(=O)oc2cc3c(cc12)CCC3. The Kier molecular flexibility index (Phi) is 3.37. The molecular weight excluding hydrogens is 314 g/mol. The highest BCUT2D eigenvalue weighted by Crippen LogP contribution is 2.28. The molecule has 1 aromatic carbocycles. The summed E-state index contributed by atoms with van der Waals surface area (Å²) >= 11 is 0. The Labute approximate surface area is 134 Å². The molecule has 1 aliphatic carbocycles. The van der Waals surface area contributed by atoms with Crippen LogP contribution in [-0.4, -0.2) is 25.2 Å². The summed E-state index contributed by atoms with van der Waals surface area (Å²) in [5, 5.41) is 9.02. The summed E-state index contributed by atoms with van der Waals surface area (Å²) < 4.78 is 18.8. The van der Waals surface area contributed by atoms with Crippen LogP contribution in [0.25, 0.3) is 11.0 Å². The van der Waals surface area contributed by atoms with Gasteiger partial charge in [-0.15, -0.1) is 10.2 Å². The first-order valence-corrected chi connectivity index (χ1v) is 8.97. The maximum absolute atomic E-state index is 11.9. The molecule has 118 valence electrons. The van der Waals surface area contributed by atoms with Crippen molar-refractivity contribution in [2.75, 3.05) is 6.26 Å². The van der Waals surface area contributed by atoms with Gasteiger partial charge < -0.3 is 8.98 Å². The van der Waals surface area contributed by atoms with Crippen molar-refractivity contribution >= 4 is 21.8 Å². The maximum Gasteiger partial charge on any atom is 0.336 e. The summed E-state index contributed by atoms with van der Waals surface area (Å²) in [6.07, 6.45) is 6.31. The van der Waals surface area contributed by atoms with Gasteiger partial charge in [-0.25, -0.2) is 4.79 Å². The van der Waals surface area contributed by atoms with E-state index in [-0.39, 0.29) is 5.63 Å². The average molecular weight is 329 g/mol. The lowest BCUT2D eigenvalue weighted by Crippen LogP contribution is -2.09. The van der Waals surface area contributed by atoms with Crippen LogP contribution in [0.1, 0.15) is 23.1 Å². The number of aryl methyl sites for hydroxylation is 2. The molecule has 0 aliphatic heterocycles. The zero-order chi connectivity index (χ0) is 16.0. The van der Waals surface area contributed by atoms with Crippen LogP contribution in [0.4, 0.5) is 0 Å². The number of nitrogens with zero attached hydrogens (tertiary/aromatic N) is 3. The standard InChI is InChI=1S/C16H15N3O3S/c1-23(21)16-18-17-9-19(16)8-12-7-15(20)22-14-6-11-4-2-3-10(11)5-13(12)14/h5-7,9H,2-4,8H2,1H3/t23-/m1/s1. The van der Waals surface area contributed by atoms with Gasteiger partial charge in [-0.3, -0.25) is 4.21 Å². The highest BCUT2D eigenvalue weighted by atomic mass is 32.2. The van der Waals surface area contributed by atoms with Crippen LogP contribution < -0.4 is 5.63 Å². The van der Waals surface area contributed by atoms with Gasteiger partial charge in [0.05, 0.1) is 17.3 Å². The highest BCUT2D eigenvalue weighted by molar-refractivity contribution is 7.84. The van der Waals surface area contributed by atoms with Crippen LogP contribution in [0.15, 0.2) is 38.9 Å². The van der Waals surface area contributed by atoms with E-state index in [4.69, 9.17) is 4.42 Å². The molecule has 1 aliphatic rings. The third-order valence-electron chi connectivity index (χ3n) is 4.22. The van der Waals surface area contributed by atoms with Crippen LogP contribution in [0, 0.1) is 0 Å². The van der Waals surface area contributed by atoms with Crippen molar-refractivity contribution in [3.05, 3.63) is 51.6 Å². The lowest BCUT2D eigenvalue weighted by Gasteiger charge is -2.09. The van der Waals surface area contributed by atoms with Gasteiger partial charge in [-0.1, -0.05) is 0 Å². The van der Waals surface area contributed by atoms with E-state index in [0.717, 1.165) is 30.2 Å². The Bertz CT molecular complexity index is 990. The second-order valence-electron chi connectivity index (χ2n) is 5.76. The largest absolute Gasteiger partial charge is 0.423 e. The Hall–Kier alpha value is -2.28. The summed E-state index contributed by atoms with van der Waals surface area (Å²) in [7, 11) is -1.23. The van der Waals surface area contributed by atoms with E-state index in [9.17, 15) is 9.00 Å².